The molecule has 0 aliphatic carbocycles. The third-order valence-electron chi connectivity index (χ3n) is 4.43. The fourth-order valence-corrected chi connectivity index (χ4v) is 5.94. The molecule has 1 aliphatic rings. The smallest absolute Gasteiger partial charge is 0.258 e. The number of thioether (sulfide) groups is 2. The maximum absolute atomic E-state index is 12.5. The summed E-state index contributed by atoms with van der Waals surface area (Å²) < 4.78 is 16.9. The topological polar surface area (TPSA) is 56.8 Å². The number of rotatable bonds is 8. The molecule has 1 aliphatic heterocycles. The van der Waals surface area contributed by atoms with Crippen LogP contribution in [0.15, 0.2) is 42.5 Å². The number of hydrogen-bond donors (Lipinski definition) is 1. The van der Waals surface area contributed by atoms with E-state index in [1.165, 1.54) is 0 Å². The van der Waals surface area contributed by atoms with Gasteiger partial charge in [-0.15, -0.1) is 23.5 Å². The van der Waals surface area contributed by atoms with E-state index in [1.807, 2.05) is 66.8 Å². The lowest BCUT2D eigenvalue weighted by Crippen LogP contribution is -2.31. The van der Waals surface area contributed by atoms with E-state index in [1.54, 1.807) is 14.2 Å². The molecule has 2 aromatic rings. The van der Waals surface area contributed by atoms with Crippen molar-refractivity contribution in [3.8, 4) is 17.2 Å². The van der Waals surface area contributed by atoms with Crippen LogP contribution in [0, 0.1) is 0 Å². The number of carbonyl (C=O) groups is 1. The predicted octanol–water partition coefficient (Wildman–Crippen LogP) is 4.44. The molecule has 1 heterocycles. The first-order valence-corrected chi connectivity index (χ1v) is 11.2. The molecule has 0 unspecified atom stereocenters. The van der Waals surface area contributed by atoms with Gasteiger partial charge < -0.3 is 19.5 Å². The molecule has 0 radical (unpaired) electrons. The van der Waals surface area contributed by atoms with Gasteiger partial charge in [-0.25, -0.2) is 0 Å². The number of hydrogen-bond acceptors (Lipinski definition) is 6. The maximum Gasteiger partial charge on any atom is 0.258 e. The van der Waals surface area contributed by atoms with E-state index < -0.39 is 0 Å². The third-order valence-corrected chi connectivity index (χ3v) is 7.50. The van der Waals surface area contributed by atoms with Crippen LogP contribution in [0.2, 0.25) is 0 Å². The number of nitrogens with one attached hydrogen (secondary N) is 1. The van der Waals surface area contributed by atoms with Gasteiger partial charge in [-0.3, -0.25) is 4.79 Å². The van der Waals surface area contributed by atoms with Crippen LogP contribution in [0.3, 0.4) is 0 Å². The molecular weight excluding hydrogens is 394 g/mol. The van der Waals surface area contributed by atoms with Crippen LogP contribution in [0.1, 0.15) is 28.7 Å². The molecule has 1 N–H and O–H groups in total. The zero-order chi connectivity index (χ0) is 19.9. The van der Waals surface area contributed by atoms with Crippen molar-refractivity contribution in [3.05, 3.63) is 53.6 Å². The summed E-state index contributed by atoms with van der Waals surface area (Å²) in [4.78, 5) is 12.5. The number of ether oxygens (including phenoxy) is 3. The average molecular weight is 420 g/mol. The van der Waals surface area contributed by atoms with Gasteiger partial charge in [-0.05, 0) is 31.2 Å². The first-order chi connectivity index (χ1) is 13.6. The Morgan fingerprint density at radius 1 is 1.11 bits per heavy atom. The lowest BCUT2D eigenvalue weighted by atomic mass is 10.1. The second-order valence-corrected chi connectivity index (χ2v) is 9.02. The van der Waals surface area contributed by atoms with E-state index in [9.17, 15) is 4.79 Å². The molecule has 1 saturated heterocycles. The summed E-state index contributed by atoms with van der Waals surface area (Å²) in [5.41, 5.74) is 2.00. The fraction of sp³-hybridized carbons (Fsp3) is 0.381. The highest BCUT2D eigenvalue weighted by atomic mass is 32.2. The van der Waals surface area contributed by atoms with Crippen molar-refractivity contribution in [2.75, 3.05) is 32.3 Å². The Balaban J connectivity index is 1.62. The van der Waals surface area contributed by atoms with Gasteiger partial charge in [-0.1, -0.05) is 18.2 Å². The summed E-state index contributed by atoms with van der Waals surface area (Å²) in [6.45, 7) is 1.88. The van der Waals surface area contributed by atoms with Crippen molar-refractivity contribution in [1.82, 2.24) is 5.32 Å². The van der Waals surface area contributed by atoms with E-state index in [0.717, 1.165) is 28.4 Å². The minimum Gasteiger partial charge on any atom is -0.497 e. The van der Waals surface area contributed by atoms with Crippen LogP contribution < -0.4 is 19.5 Å². The number of carbonyl (C=O) groups excluding carboxylic acids is 1. The van der Waals surface area contributed by atoms with Crippen LogP contribution >= 0.6 is 23.5 Å². The number of methoxy groups -OCH3 is 2. The molecular formula is C21H25NO4S2. The average Bonchev–Trinajstić information content (AvgIpc) is 3.26. The van der Waals surface area contributed by atoms with Crippen LogP contribution in [0.4, 0.5) is 0 Å². The molecule has 0 spiro atoms. The van der Waals surface area contributed by atoms with Gasteiger partial charge in [-0.2, -0.15) is 0 Å². The molecule has 150 valence electrons. The molecule has 3 rings (SSSR count). The highest BCUT2D eigenvalue weighted by molar-refractivity contribution is 8.19. The second kappa shape index (κ2) is 9.98. The molecule has 1 fully saturated rings. The van der Waals surface area contributed by atoms with Crippen LogP contribution in [-0.4, -0.2) is 38.2 Å². The zero-order valence-electron chi connectivity index (χ0n) is 16.3. The lowest BCUT2D eigenvalue weighted by molar-refractivity contribution is -0.123. The Kier molecular flexibility index (Phi) is 7.39. The van der Waals surface area contributed by atoms with Crippen LogP contribution in [0.25, 0.3) is 0 Å². The van der Waals surface area contributed by atoms with E-state index in [-0.39, 0.29) is 18.6 Å². The van der Waals surface area contributed by atoms with Gasteiger partial charge in [0.25, 0.3) is 5.91 Å². The van der Waals surface area contributed by atoms with Crippen molar-refractivity contribution in [2.24, 2.45) is 0 Å². The molecule has 7 heteroatoms. The Morgan fingerprint density at radius 3 is 2.57 bits per heavy atom. The van der Waals surface area contributed by atoms with Gasteiger partial charge in [0.15, 0.2) is 6.61 Å². The summed E-state index contributed by atoms with van der Waals surface area (Å²) in [6.07, 6.45) is 0. The monoisotopic (exact) mass is 419 g/mol. The Hall–Kier alpha value is -1.99. The molecule has 0 aromatic heterocycles. The van der Waals surface area contributed by atoms with E-state index >= 15 is 0 Å². The molecule has 1 amide bonds. The zero-order valence-corrected chi connectivity index (χ0v) is 17.9. The quantitative estimate of drug-likeness (QED) is 0.683. The molecule has 28 heavy (non-hydrogen) atoms. The van der Waals surface area contributed by atoms with E-state index in [0.29, 0.717) is 16.1 Å². The van der Waals surface area contributed by atoms with Gasteiger partial charge in [0.2, 0.25) is 0 Å². The summed E-state index contributed by atoms with van der Waals surface area (Å²) in [7, 11) is 3.22. The van der Waals surface area contributed by atoms with Gasteiger partial charge in [0, 0.05) is 22.6 Å². The third kappa shape index (κ3) is 5.08. The maximum atomic E-state index is 12.5. The van der Waals surface area contributed by atoms with E-state index in [2.05, 4.69) is 11.4 Å². The van der Waals surface area contributed by atoms with Gasteiger partial charge in [0.1, 0.15) is 17.2 Å². The van der Waals surface area contributed by atoms with E-state index in [4.69, 9.17) is 14.2 Å². The summed E-state index contributed by atoms with van der Waals surface area (Å²) in [5.74, 6) is 4.30. The second-order valence-electron chi connectivity index (χ2n) is 6.30. The minimum atomic E-state index is -0.239. The van der Waals surface area contributed by atoms with Gasteiger partial charge >= 0.3 is 0 Å². The van der Waals surface area contributed by atoms with Crippen molar-refractivity contribution in [1.29, 1.82) is 0 Å². The number of para-hydroxylation sites is 1. The fourth-order valence-electron chi connectivity index (χ4n) is 3.03. The number of amides is 1. The Labute approximate surface area is 174 Å². The molecule has 0 bridgehead atoms. The van der Waals surface area contributed by atoms with Crippen LogP contribution in [0.5, 0.6) is 17.2 Å². The lowest BCUT2D eigenvalue weighted by Gasteiger charge is -2.19. The van der Waals surface area contributed by atoms with Crippen molar-refractivity contribution in [3.63, 3.8) is 0 Å². The van der Waals surface area contributed by atoms with Crippen molar-refractivity contribution >= 4 is 29.4 Å². The predicted molar refractivity (Wildman–Crippen MR) is 116 cm³/mol. The molecule has 1 atom stereocenters. The Morgan fingerprint density at radius 2 is 1.86 bits per heavy atom. The molecule has 0 saturated carbocycles. The highest BCUT2D eigenvalue weighted by Crippen LogP contribution is 2.48. The summed E-state index contributed by atoms with van der Waals surface area (Å²) in [5, 5.41) is 2.97. The summed E-state index contributed by atoms with van der Waals surface area (Å²) in [6, 6.07) is 13.2. The minimum absolute atomic E-state index is 0.0321. The van der Waals surface area contributed by atoms with Crippen LogP contribution in [-0.2, 0) is 4.79 Å². The van der Waals surface area contributed by atoms with Crippen molar-refractivity contribution in [2.45, 2.75) is 17.5 Å². The largest absolute Gasteiger partial charge is 0.497 e. The first kappa shape index (κ1) is 20.7. The molecule has 2 aromatic carbocycles. The van der Waals surface area contributed by atoms with Gasteiger partial charge in [0.05, 0.1) is 24.8 Å². The standard InChI is InChI=1S/C21H25NO4S2/c1-14(17-12-15(24-2)8-9-18(17)25-3)22-20(23)13-26-19-7-5-4-6-16(19)21-27-10-11-28-21/h4-9,12,14,21H,10-11,13H2,1-3H3,(H,22,23)/t14-/m0/s1. The SMILES string of the molecule is COc1ccc(OC)c([C@H](C)NC(=O)COc2ccccc2C2SCCS2)c1. The molecule has 5 nitrogen and oxygen atoms in total. The number of benzene rings is 2. The van der Waals surface area contributed by atoms with Crippen molar-refractivity contribution < 1.29 is 19.0 Å². The summed E-state index contributed by atoms with van der Waals surface area (Å²) >= 11 is 3.83. The Bertz CT molecular complexity index is 809. The highest BCUT2D eigenvalue weighted by Gasteiger charge is 2.22. The first-order valence-electron chi connectivity index (χ1n) is 9.08. The normalized spacial score (nSPS) is 15.1.